The number of methoxy groups -OCH3 is 2. The Morgan fingerprint density at radius 2 is 1.73 bits per heavy atom. The smallest absolute Gasteiger partial charge is 0.282 e. The van der Waals surface area contributed by atoms with Gasteiger partial charge in [-0.1, -0.05) is 26.0 Å². The van der Waals surface area contributed by atoms with E-state index in [-0.39, 0.29) is 23.8 Å². The first-order valence-corrected chi connectivity index (χ1v) is 14.9. The van der Waals surface area contributed by atoms with Crippen LogP contribution in [0.2, 0.25) is 0 Å². The molecular formula is C34H31BrN4O6. The third-order valence-corrected chi connectivity index (χ3v) is 7.89. The first-order valence-electron chi connectivity index (χ1n) is 14.1. The lowest BCUT2D eigenvalue weighted by Gasteiger charge is -2.17. The number of aromatic nitrogens is 2. The fourth-order valence-corrected chi connectivity index (χ4v) is 5.49. The van der Waals surface area contributed by atoms with Gasteiger partial charge in [0.1, 0.15) is 12.4 Å². The molecular weight excluding hydrogens is 640 g/mol. The van der Waals surface area contributed by atoms with E-state index in [0.29, 0.717) is 38.3 Å². The Morgan fingerprint density at radius 1 is 1.02 bits per heavy atom. The largest absolute Gasteiger partial charge is 0.496 e. The highest BCUT2D eigenvalue weighted by Crippen LogP contribution is 2.37. The number of ether oxygens (including phenoxy) is 3. The fraction of sp³-hybridized carbons (Fsp3) is 0.206. The Labute approximate surface area is 268 Å². The molecule has 5 rings (SSSR count). The quantitative estimate of drug-likeness (QED) is 0.0851. The summed E-state index contributed by atoms with van der Waals surface area (Å²) < 4.78 is 19.2. The summed E-state index contributed by atoms with van der Waals surface area (Å²) in [5.41, 5.74) is 4.33. The molecule has 0 N–H and O–H groups in total. The molecule has 0 atom stereocenters. The first kappa shape index (κ1) is 31.4. The number of hydrogen-bond donors (Lipinski definition) is 0. The number of aryl methyl sites for hydroxylation is 1. The molecule has 0 bridgehead atoms. The minimum Gasteiger partial charge on any atom is -0.496 e. The van der Waals surface area contributed by atoms with Gasteiger partial charge in [-0.15, -0.1) is 0 Å². The molecule has 1 aromatic heterocycles. The van der Waals surface area contributed by atoms with E-state index in [9.17, 15) is 14.9 Å². The van der Waals surface area contributed by atoms with Crippen molar-refractivity contribution in [2.24, 2.45) is 5.10 Å². The number of halogens is 1. The third kappa shape index (κ3) is 6.58. The summed E-state index contributed by atoms with van der Waals surface area (Å²) in [4.78, 5) is 29.2. The van der Waals surface area contributed by atoms with Crippen molar-refractivity contribution >= 4 is 38.7 Å². The number of hydrogen-bond acceptors (Lipinski definition) is 8. The SMILES string of the molecule is COc1cc(C)c(-c2nc3ccccc3c(=O)n2N=Cc2cc(Br)c(OCc3ccc([N+](=O)[O-])cc3)c(OC)c2)cc1C(C)C. The lowest BCUT2D eigenvalue weighted by Crippen LogP contribution is -2.20. The predicted molar refractivity (Wildman–Crippen MR) is 178 cm³/mol. The monoisotopic (exact) mass is 670 g/mol. The van der Waals surface area contributed by atoms with Gasteiger partial charge in [0.2, 0.25) is 0 Å². The van der Waals surface area contributed by atoms with Crippen LogP contribution in [0.4, 0.5) is 5.69 Å². The standard InChI is InChI=1S/C34H31BrN4O6/c1-20(2)26-17-27(21(3)14-30(26)43-4)33-37-29-9-7-6-8-25(29)34(40)38(33)36-18-23-15-28(35)32(31(16-23)44-5)45-19-22-10-12-24(13-11-22)39(41)42/h6-18,20H,19H2,1-5H3. The van der Waals surface area contributed by atoms with Crippen molar-refractivity contribution in [2.75, 3.05) is 14.2 Å². The van der Waals surface area contributed by atoms with E-state index in [4.69, 9.17) is 19.2 Å². The Kier molecular flexibility index (Phi) is 9.29. The van der Waals surface area contributed by atoms with Gasteiger partial charge in [0.25, 0.3) is 11.2 Å². The van der Waals surface area contributed by atoms with Crippen LogP contribution >= 0.6 is 15.9 Å². The number of nitro groups is 1. The van der Waals surface area contributed by atoms with Crippen molar-refractivity contribution in [3.8, 4) is 28.6 Å². The van der Waals surface area contributed by atoms with Gasteiger partial charge >= 0.3 is 0 Å². The van der Waals surface area contributed by atoms with Crippen LogP contribution in [0, 0.1) is 17.0 Å². The zero-order chi connectivity index (χ0) is 32.2. The number of nitro benzene ring substituents is 1. The topological polar surface area (TPSA) is 118 Å². The number of nitrogens with zero attached hydrogens (tertiary/aromatic N) is 4. The average Bonchev–Trinajstić information content (AvgIpc) is 3.03. The van der Waals surface area contributed by atoms with Crippen LogP contribution in [0.3, 0.4) is 0 Å². The van der Waals surface area contributed by atoms with Crippen molar-refractivity contribution in [1.82, 2.24) is 9.66 Å². The molecule has 0 saturated carbocycles. The van der Waals surface area contributed by atoms with Crippen LogP contribution in [0.25, 0.3) is 22.3 Å². The lowest BCUT2D eigenvalue weighted by atomic mass is 9.96. The van der Waals surface area contributed by atoms with Gasteiger partial charge in [0, 0.05) is 17.7 Å². The minimum atomic E-state index is -0.448. The molecule has 11 heteroatoms. The molecule has 230 valence electrons. The highest BCUT2D eigenvalue weighted by Gasteiger charge is 2.19. The average molecular weight is 672 g/mol. The second-order valence-corrected chi connectivity index (χ2v) is 11.5. The maximum absolute atomic E-state index is 13.8. The van der Waals surface area contributed by atoms with E-state index in [2.05, 4.69) is 34.9 Å². The summed E-state index contributed by atoms with van der Waals surface area (Å²) in [6.45, 7) is 6.29. The summed E-state index contributed by atoms with van der Waals surface area (Å²) >= 11 is 3.56. The van der Waals surface area contributed by atoms with E-state index in [1.807, 2.05) is 31.2 Å². The summed E-state index contributed by atoms with van der Waals surface area (Å²) in [7, 11) is 3.17. The van der Waals surface area contributed by atoms with Crippen molar-refractivity contribution in [2.45, 2.75) is 33.3 Å². The van der Waals surface area contributed by atoms with Crippen molar-refractivity contribution in [1.29, 1.82) is 0 Å². The van der Waals surface area contributed by atoms with Crippen LogP contribution in [-0.2, 0) is 6.61 Å². The van der Waals surface area contributed by atoms with Gasteiger partial charge in [-0.25, -0.2) is 4.98 Å². The molecule has 0 saturated heterocycles. The van der Waals surface area contributed by atoms with Crippen molar-refractivity contribution < 1.29 is 19.1 Å². The third-order valence-electron chi connectivity index (χ3n) is 7.30. The zero-order valence-electron chi connectivity index (χ0n) is 25.4. The second kappa shape index (κ2) is 13.3. The summed E-state index contributed by atoms with van der Waals surface area (Å²) in [5, 5.41) is 16.0. The van der Waals surface area contributed by atoms with E-state index < -0.39 is 4.92 Å². The number of non-ortho nitro benzene ring substituents is 1. The van der Waals surface area contributed by atoms with E-state index in [0.717, 1.165) is 28.0 Å². The van der Waals surface area contributed by atoms with Crippen LogP contribution < -0.4 is 19.8 Å². The van der Waals surface area contributed by atoms with E-state index in [1.54, 1.807) is 49.7 Å². The normalized spacial score (nSPS) is 11.4. The fourth-order valence-electron chi connectivity index (χ4n) is 4.92. The second-order valence-electron chi connectivity index (χ2n) is 10.6. The molecule has 0 aliphatic carbocycles. The Hall–Kier alpha value is -5.03. The Balaban J connectivity index is 1.55. The molecule has 0 radical (unpaired) electrons. The maximum Gasteiger partial charge on any atom is 0.282 e. The molecule has 45 heavy (non-hydrogen) atoms. The number of benzene rings is 4. The van der Waals surface area contributed by atoms with Gasteiger partial charge in [-0.3, -0.25) is 14.9 Å². The van der Waals surface area contributed by atoms with Gasteiger partial charge < -0.3 is 14.2 Å². The maximum atomic E-state index is 13.8. The number of fused-ring (bicyclic) bond motifs is 1. The highest BCUT2D eigenvalue weighted by atomic mass is 79.9. The molecule has 0 fully saturated rings. The van der Waals surface area contributed by atoms with Gasteiger partial charge in [-0.2, -0.15) is 9.78 Å². The van der Waals surface area contributed by atoms with Crippen LogP contribution in [-0.4, -0.2) is 35.0 Å². The Bertz CT molecular complexity index is 1990. The molecule has 0 aliphatic heterocycles. The summed E-state index contributed by atoms with van der Waals surface area (Å²) in [6, 6.07) is 20.8. The highest BCUT2D eigenvalue weighted by molar-refractivity contribution is 9.10. The van der Waals surface area contributed by atoms with Crippen LogP contribution in [0.15, 0.2) is 87.2 Å². The van der Waals surface area contributed by atoms with Crippen LogP contribution in [0.5, 0.6) is 17.2 Å². The summed E-state index contributed by atoms with van der Waals surface area (Å²) in [5.74, 6) is 2.25. The van der Waals surface area contributed by atoms with Crippen LogP contribution in [0.1, 0.15) is 42.0 Å². The van der Waals surface area contributed by atoms with Gasteiger partial charge in [0.15, 0.2) is 17.3 Å². The zero-order valence-corrected chi connectivity index (χ0v) is 27.0. The molecule has 5 aromatic rings. The first-order chi connectivity index (χ1) is 21.6. The molecule has 0 unspecified atom stereocenters. The molecule has 10 nitrogen and oxygen atoms in total. The van der Waals surface area contributed by atoms with Crippen molar-refractivity contribution in [3.05, 3.63) is 120 Å². The number of para-hydroxylation sites is 1. The Morgan fingerprint density at radius 3 is 2.40 bits per heavy atom. The van der Waals surface area contributed by atoms with E-state index >= 15 is 0 Å². The molecule has 4 aromatic carbocycles. The van der Waals surface area contributed by atoms with E-state index in [1.165, 1.54) is 23.9 Å². The molecule has 1 heterocycles. The summed E-state index contributed by atoms with van der Waals surface area (Å²) in [6.07, 6.45) is 1.57. The number of rotatable bonds is 10. The van der Waals surface area contributed by atoms with Gasteiger partial charge in [0.05, 0.1) is 40.7 Å². The molecule has 0 spiro atoms. The minimum absolute atomic E-state index is 0.00698. The van der Waals surface area contributed by atoms with Gasteiger partial charge in [-0.05, 0) is 99.6 Å². The van der Waals surface area contributed by atoms with Crippen molar-refractivity contribution in [3.63, 3.8) is 0 Å². The molecule has 0 amide bonds. The molecule has 0 aliphatic rings. The lowest BCUT2D eigenvalue weighted by molar-refractivity contribution is -0.384. The predicted octanol–water partition coefficient (Wildman–Crippen LogP) is 7.64.